The number of nitrogens with zero attached hydrogens (tertiary/aromatic N) is 3. The molecule has 0 aliphatic carbocycles. The molecule has 3 amide bonds. The van der Waals surface area contributed by atoms with E-state index in [9.17, 15) is 19.2 Å². The summed E-state index contributed by atoms with van der Waals surface area (Å²) < 4.78 is 7.32. The topological polar surface area (TPSA) is 101 Å². The van der Waals surface area contributed by atoms with Gasteiger partial charge in [-0.25, -0.2) is 0 Å². The molecule has 1 aromatic heterocycles. The van der Waals surface area contributed by atoms with Crippen molar-refractivity contribution in [2.75, 3.05) is 26.2 Å². The zero-order chi connectivity index (χ0) is 27.7. The average molecular weight is 525 g/mol. The van der Waals surface area contributed by atoms with E-state index in [0.717, 1.165) is 30.2 Å². The number of piperidine rings is 1. The van der Waals surface area contributed by atoms with Crippen LogP contribution in [-0.4, -0.2) is 75.9 Å². The first kappa shape index (κ1) is 27.7. The zero-order valence-electron chi connectivity index (χ0n) is 23.2. The van der Waals surface area contributed by atoms with Gasteiger partial charge in [0.1, 0.15) is 17.3 Å². The number of hydrogen-bond donors (Lipinski definition) is 1. The van der Waals surface area contributed by atoms with E-state index >= 15 is 0 Å². The van der Waals surface area contributed by atoms with E-state index in [1.807, 2.05) is 51.7 Å². The summed E-state index contributed by atoms with van der Waals surface area (Å²) in [5.41, 5.74) is 1.09. The van der Waals surface area contributed by atoms with Crippen molar-refractivity contribution in [3.8, 4) is 0 Å². The number of rotatable bonds is 6. The quantitative estimate of drug-likeness (QED) is 0.585. The first-order chi connectivity index (χ1) is 17.9. The Morgan fingerprint density at radius 3 is 2.26 bits per heavy atom. The molecule has 1 spiro atoms. The maximum atomic E-state index is 13.4. The van der Waals surface area contributed by atoms with E-state index in [-0.39, 0.29) is 41.9 Å². The average Bonchev–Trinajstić information content (AvgIpc) is 3.41. The standard InChI is InChI=1S/C29H40N4O5/c1-20(34)30-22(10-11-25(35)38-28(2,3)4)26(36)33-17-14-29(19-33)12-15-32(16-13-29)27(37)24-18-21-8-6-7-9-23(21)31(24)5/h6-9,18,22H,10-17,19H2,1-5H3,(H,30,34). The van der Waals surface area contributed by atoms with Crippen LogP contribution in [0, 0.1) is 5.41 Å². The van der Waals surface area contributed by atoms with Crippen LogP contribution in [0.25, 0.3) is 10.9 Å². The molecule has 2 fully saturated rings. The van der Waals surface area contributed by atoms with Gasteiger partial charge >= 0.3 is 5.97 Å². The van der Waals surface area contributed by atoms with Crippen LogP contribution in [0.3, 0.4) is 0 Å². The van der Waals surface area contributed by atoms with Gasteiger partial charge in [0.25, 0.3) is 5.91 Å². The van der Waals surface area contributed by atoms with Gasteiger partial charge in [-0.3, -0.25) is 19.2 Å². The summed E-state index contributed by atoms with van der Waals surface area (Å²) in [7, 11) is 1.93. The van der Waals surface area contributed by atoms with Crippen molar-refractivity contribution in [3.63, 3.8) is 0 Å². The summed E-state index contributed by atoms with van der Waals surface area (Å²) in [6.07, 6.45) is 2.78. The van der Waals surface area contributed by atoms with Crippen LogP contribution in [0.15, 0.2) is 30.3 Å². The maximum Gasteiger partial charge on any atom is 0.306 e. The highest BCUT2D eigenvalue weighted by atomic mass is 16.6. The Kier molecular flexibility index (Phi) is 7.85. The zero-order valence-corrected chi connectivity index (χ0v) is 23.2. The third kappa shape index (κ3) is 6.19. The first-order valence-corrected chi connectivity index (χ1v) is 13.5. The highest BCUT2D eigenvalue weighted by Crippen LogP contribution is 2.41. The number of aryl methyl sites for hydroxylation is 1. The molecule has 0 bridgehead atoms. The number of carbonyl (C=O) groups is 4. The smallest absolute Gasteiger partial charge is 0.306 e. The number of carbonyl (C=O) groups excluding carboxylic acids is 4. The van der Waals surface area contributed by atoms with Crippen molar-refractivity contribution in [3.05, 3.63) is 36.0 Å². The lowest BCUT2D eigenvalue weighted by Crippen LogP contribution is -2.49. The van der Waals surface area contributed by atoms with E-state index < -0.39 is 11.6 Å². The predicted molar refractivity (Wildman–Crippen MR) is 144 cm³/mol. The lowest BCUT2D eigenvalue weighted by Gasteiger charge is -2.39. The van der Waals surface area contributed by atoms with Crippen LogP contribution in [-0.2, 0) is 26.2 Å². The molecule has 4 rings (SSSR count). The van der Waals surface area contributed by atoms with Gasteiger partial charge in [-0.2, -0.15) is 0 Å². The van der Waals surface area contributed by atoms with E-state index in [0.29, 0.717) is 31.9 Å². The van der Waals surface area contributed by atoms with Gasteiger partial charge in [-0.15, -0.1) is 0 Å². The molecule has 206 valence electrons. The monoisotopic (exact) mass is 524 g/mol. The number of para-hydroxylation sites is 1. The molecular formula is C29H40N4O5. The second-order valence-corrected chi connectivity index (χ2v) is 11.8. The lowest BCUT2D eigenvalue weighted by atomic mass is 9.77. The van der Waals surface area contributed by atoms with E-state index in [1.165, 1.54) is 6.92 Å². The molecule has 1 N–H and O–H groups in total. The summed E-state index contributed by atoms with van der Waals surface area (Å²) in [6.45, 7) is 9.28. The summed E-state index contributed by atoms with van der Waals surface area (Å²) in [4.78, 5) is 54.5. The van der Waals surface area contributed by atoms with E-state index in [1.54, 1.807) is 20.8 Å². The van der Waals surface area contributed by atoms with Gasteiger partial charge in [-0.1, -0.05) is 18.2 Å². The van der Waals surface area contributed by atoms with Crippen LogP contribution in [0.1, 0.15) is 70.3 Å². The van der Waals surface area contributed by atoms with Gasteiger partial charge in [0.15, 0.2) is 0 Å². The van der Waals surface area contributed by atoms with Crippen molar-refractivity contribution in [2.45, 2.75) is 71.4 Å². The number of likely N-dealkylation sites (tertiary alicyclic amines) is 2. The molecule has 38 heavy (non-hydrogen) atoms. The summed E-state index contributed by atoms with van der Waals surface area (Å²) in [5, 5.41) is 3.78. The summed E-state index contributed by atoms with van der Waals surface area (Å²) in [6, 6.07) is 9.18. The predicted octanol–water partition coefficient (Wildman–Crippen LogP) is 3.26. The van der Waals surface area contributed by atoms with E-state index in [2.05, 4.69) is 5.32 Å². The van der Waals surface area contributed by atoms with Crippen molar-refractivity contribution in [1.29, 1.82) is 0 Å². The van der Waals surface area contributed by atoms with Crippen molar-refractivity contribution in [1.82, 2.24) is 19.7 Å². The van der Waals surface area contributed by atoms with Gasteiger partial charge in [0.2, 0.25) is 11.8 Å². The number of benzene rings is 1. The van der Waals surface area contributed by atoms with Crippen LogP contribution in [0.4, 0.5) is 0 Å². The Hall–Kier alpha value is -3.36. The highest BCUT2D eigenvalue weighted by molar-refractivity contribution is 5.98. The van der Waals surface area contributed by atoms with Gasteiger partial charge in [0.05, 0.1) is 0 Å². The van der Waals surface area contributed by atoms with Crippen molar-refractivity contribution in [2.24, 2.45) is 12.5 Å². The van der Waals surface area contributed by atoms with Gasteiger partial charge in [0, 0.05) is 57.5 Å². The Labute approximate surface area is 224 Å². The number of fused-ring (bicyclic) bond motifs is 1. The number of ether oxygens (including phenoxy) is 1. The molecule has 1 atom stereocenters. The van der Waals surface area contributed by atoms with Crippen LogP contribution in [0.2, 0.25) is 0 Å². The second-order valence-electron chi connectivity index (χ2n) is 11.8. The minimum atomic E-state index is -0.761. The summed E-state index contributed by atoms with van der Waals surface area (Å²) >= 11 is 0. The number of hydrogen-bond acceptors (Lipinski definition) is 5. The summed E-state index contributed by atoms with van der Waals surface area (Å²) in [5.74, 6) is -0.810. The maximum absolute atomic E-state index is 13.4. The molecule has 9 nitrogen and oxygen atoms in total. The lowest BCUT2D eigenvalue weighted by molar-refractivity contribution is -0.155. The molecular weight excluding hydrogens is 484 g/mol. The molecule has 3 heterocycles. The Morgan fingerprint density at radius 1 is 1.03 bits per heavy atom. The van der Waals surface area contributed by atoms with Gasteiger partial charge < -0.3 is 24.4 Å². The number of esters is 1. The van der Waals surface area contributed by atoms with Crippen LogP contribution < -0.4 is 5.32 Å². The largest absolute Gasteiger partial charge is 0.460 e. The molecule has 1 unspecified atom stereocenters. The highest BCUT2D eigenvalue weighted by Gasteiger charge is 2.44. The molecule has 2 aliphatic rings. The molecule has 9 heteroatoms. The minimum Gasteiger partial charge on any atom is -0.460 e. The molecule has 2 aromatic rings. The van der Waals surface area contributed by atoms with Crippen molar-refractivity contribution >= 4 is 34.6 Å². The van der Waals surface area contributed by atoms with Crippen molar-refractivity contribution < 1.29 is 23.9 Å². The third-order valence-corrected chi connectivity index (χ3v) is 7.76. The number of nitrogens with one attached hydrogen (secondary N) is 1. The third-order valence-electron chi connectivity index (χ3n) is 7.76. The Bertz CT molecular complexity index is 1220. The van der Waals surface area contributed by atoms with E-state index in [4.69, 9.17) is 4.74 Å². The number of amides is 3. The molecule has 0 saturated carbocycles. The normalized spacial score (nSPS) is 18.0. The second kappa shape index (κ2) is 10.8. The SMILES string of the molecule is CC(=O)NC(CCC(=O)OC(C)(C)C)C(=O)N1CCC2(CCN(C(=O)c3cc4ccccc4n3C)CC2)C1. The fourth-order valence-electron chi connectivity index (χ4n) is 5.75. The molecule has 0 radical (unpaired) electrons. The minimum absolute atomic E-state index is 0.0305. The molecule has 1 aromatic carbocycles. The Morgan fingerprint density at radius 2 is 1.66 bits per heavy atom. The molecule has 2 saturated heterocycles. The van der Waals surface area contributed by atoms with Crippen LogP contribution in [0.5, 0.6) is 0 Å². The first-order valence-electron chi connectivity index (χ1n) is 13.5. The fourth-order valence-corrected chi connectivity index (χ4v) is 5.75. The number of aromatic nitrogens is 1. The van der Waals surface area contributed by atoms with Crippen LogP contribution >= 0.6 is 0 Å². The Balaban J connectivity index is 1.35. The molecule has 2 aliphatic heterocycles. The van der Waals surface area contributed by atoms with Gasteiger partial charge in [-0.05, 0) is 64.0 Å². The fraction of sp³-hybridized carbons (Fsp3) is 0.586.